The summed E-state index contributed by atoms with van der Waals surface area (Å²) < 4.78 is 5.15. The van der Waals surface area contributed by atoms with Gasteiger partial charge in [-0.05, 0) is 48.4 Å². The number of nitrogens with one attached hydrogen (secondary N) is 1. The van der Waals surface area contributed by atoms with Crippen LogP contribution in [0, 0.1) is 6.92 Å². The molecule has 0 radical (unpaired) electrons. The van der Waals surface area contributed by atoms with Crippen molar-refractivity contribution in [1.29, 1.82) is 0 Å². The van der Waals surface area contributed by atoms with Gasteiger partial charge in [0.1, 0.15) is 11.3 Å². The molecule has 24 heavy (non-hydrogen) atoms. The molecule has 1 heterocycles. The summed E-state index contributed by atoms with van der Waals surface area (Å²) in [5.74, 6) is -0.236. The molecule has 0 spiro atoms. The summed E-state index contributed by atoms with van der Waals surface area (Å²) in [6.07, 6.45) is 1.54. The molecule has 0 atom stereocenters. The maximum Gasteiger partial charge on any atom is 0.282 e. The van der Waals surface area contributed by atoms with Gasteiger partial charge < -0.3 is 4.74 Å². The van der Waals surface area contributed by atoms with Crippen molar-refractivity contribution in [2.24, 2.45) is 0 Å². The summed E-state index contributed by atoms with van der Waals surface area (Å²) in [6.45, 7) is 1.87. The first kappa shape index (κ1) is 16.1. The number of nitrogens with zero attached hydrogens (tertiary/aromatic N) is 1. The van der Waals surface area contributed by atoms with Crippen molar-refractivity contribution in [3.05, 3.63) is 64.2 Å². The molecule has 0 bridgehead atoms. The van der Waals surface area contributed by atoms with Gasteiger partial charge in [0.15, 0.2) is 0 Å². The predicted molar refractivity (Wildman–Crippen MR) is 92.8 cm³/mol. The Morgan fingerprint density at radius 3 is 2.67 bits per heavy atom. The fourth-order valence-corrected chi connectivity index (χ4v) is 2.53. The molecule has 6 heteroatoms. The molecule has 0 saturated carbocycles. The Labute approximate surface area is 144 Å². The Morgan fingerprint density at radius 1 is 1.17 bits per heavy atom. The van der Waals surface area contributed by atoms with Crippen molar-refractivity contribution >= 4 is 35.2 Å². The van der Waals surface area contributed by atoms with Gasteiger partial charge in [-0.15, -0.1) is 0 Å². The summed E-state index contributed by atoms with van der Waals surface area (Å²) in [7, 11) is 1.56. The molecular weight excluding hydrogens is 328 g/mol. The number of carbonyl (C=O) groups excluding carboxylic acids is 2. The molecule has 122 valence electrons. The van der Waals surface area contributed by atoms with Gasteiger partial charge in [-0.2, -0.15) is 0 Å². The Kier molecular flexibility index (Phi) is 4.27. The Bertz CT molecular complexity index is 861. The maximum absolute atomic E-state index is 12.6. The summed E-state index contributed by atoms with van der Waals surface area (Å²) in [6, 6.07) is 12.3. The largest absolute Gasteiger partial charge is 0.497 e. The zero-order chi connectivity index (χ0) is 17.3. The van der Waals surface area contributed by atoms with Crippen molar-refractivity contribution in [3.8, 4) is 5.75 Å². The highest BCUT2D eigenvalue weighted by Gasteiger charge is 2.34. The van der Waals surface area contributed by atoms with E-state index in [2.05, 4.69) is 5.43 Å². The van der Waals surface area contributed by atoms with E-state index in [1.807, 2.05) is 6.92 Å². The van der Waals surface area contributed by atoms with Gasteiger partial charge >= 0.3 is 0 Å². The molecule has 2 aromatic rings. The second-order valence-corrected chi connectivity index (χ2v) is 5.76. The lowest BCUT2D eigenvalue weighted by Crippen LogP contribution is -2.35. The van der Waals surface area contributed by atoms with Crippen molar-refractivity contribution in [3.63, 3.8) is 0 Å². The van der Waals surface area contributed by atoms with Gasteiger partial charge in [0.2, 0.25) is 0 Å². The van der Waals surface area contributed by atoms with Crippen molar-refractivity contribution < 1.29 is 14.3 Å². The SMILES string of the molecule is COc1cccc(/C=C2/C(=O)NN(c3ccc(C)c(Cl)c3)C2=O)c1. The average Bonchev–Trinajstić information content (AvgIpc) is 2.86. The number of halogens is 1. The quantitative estimate of drug-likeness (QED) is 0.688. The van der Waals surface area contributed by atoms with Gasteiger partial charge in [-0.25, -0.2) is 5.01 Å². The minimum atomic E-state index is -0.459. The van der Waals surface area contributed by atoms with Gasteiger partial charge in [0.25, 0.3) is 11.8 Å². The van der Waals surface area contributed by atoms with Gasteiger partial charge in [0, 0.05) is 5.02 Å². The molecule has 0 aliphatic carbocycles. The second kappa shape index (κ2) is 6.37. The standard InChI is InChI=1S/C18H15ClN2O3/c1-11-6-7-13(10-16(11)19)21-18(23)15(17(22)20-21)9-12-4-3-5-14(8-12)24-2/h3-10H,1-2H3,(H,20,22)/b15-9-. The van der Waals surface area contributed by atoms with Crippen molar-refractivity contribution in [2.75, 3.05) is 12.1 Å². The third-order valence-electron chi connectivity index (χ3n) is 3.71. The number of amides is 2. The fourth-order valence-electron chi connectivity index (χ4n) is 2.36. The fraction of sp³-hybridized carbons (Fsp3) is 0.111. The van der Waals surface area contributed by atoms with Crippen molar-refractivity contribution in [2.45, 2.75) is 6.92 Å². The van der Waals surface area contributed by atoms with E-state index in [0.29, 0.717) is 22.0 Å². The highest BCUT2D eigenvalue weighted by atomic mass is 35.5. The van der Waals surface area contributed by atoms with Crippen LogP contribution in [0.1, 0.15) is 11.1 Å². The molecular formula is C18H15ClN2O3. The number of carbonyl (C=O) groups is 2. The molecule has 1 saturated heterocycles. The van der Waals surface area contributed by atoms with E-state index in [1.54, 1.807) is 49.6 Å². The average molecular weight is 343 g/mol. The van der Waals surface area contributed by atoms with E-state index in [4.69, 9.17) is 16.3 Å². The predicted octanol–water partition coefficient (Wildman–Crippen LogP) is 3.12. The zero-order valence-corrected chi connectivity index (χ0v) is 13.9. The Hall–Kier alpha value is -2.79. The van der Waals surface area contributed by atoms with Crippen LogP contribution >= 0.6 is 11.6 Å². The smallest absolute Gasteiger partial charge is 0.282 e. The van der Waals surface area contributed by atoms with Crippen LogP contribution in [0.25, 0.3) is 6.08 Å². The van der Waals surface area contributed by atoms with E-state index in [-0.39, 0.29) is 5.57 Å². The number of hydrazine groups is 1. The van der Waals surface area contributed by atoms with Crippen molar-refractivity contribution in [1.82, 2.24) is 5.43 Å². The van der Waals surface area contributed by atoms with Crippen LogP contribution < -0.4 is 15.2 Å². The Balaban J connectivity index is 1.93. The number of hydrogen-bond donors (Lipinski definition) is 1. The first-order valence-corrected chi connectivity index (χ1v) is 7.65. The number of benzene rings is 2. The van der Waals surface area contributed by atoms with Crippen LogP contribution in [0.15, 0.2) is 48.0 Å². The number of hydrogen-bond acceptors (Lipinski definition) is 3. The molecule has 1 aliphatic rings. The molecule has 3 rings (SSSR count). The minimum absolute atomic E-state index is 0.0555. The summed E-state index contributed by atoms with van der Waals surface area (Å²) >= 11 is 6.10. The second-order valence-electron chi connectivity index (χ2n) is 5.35. The molecule has 1 N–H and O–H groups in total. The van der Waals surface area contributed by atoms with Gasteiger partial charge in [-0.1, -0.05) is 29.8 Å². The summed E-state index contributed by atoms with van der Waals surface area (Å²) in [4.78, 5) is 24.7. The van der Waals surface area contributed by atoms with Crippen LogP contribution in [0.3, 0.4) is 0 Å². The third-order valence-corrected chi connectivity index (χ3v) is 4.12. The highest BCUT2D eigenvalue weighted by molar-refractivity contribution is 6.33. The number of aryl methyl sites for hydroxylation is 1. The van der Waals surface area contributed by atoms with E-state index in [9.17, 15) is 9.59 Å². The first-order chi connectivity index (χ1) is 11.5. The van der Waals surface area contributed by atoms with E-state index in [0.717, 1.165) is 5.56 Å². The minimum Gasteiger partial charge on any atom is -0.497 e. The van der Waals surface area contributed by atoms with Gasteiger partial charge in [-0.3, -0.25) is 15.0 Å². The van der Waals surface area contributed by atoms with Crippen LogP contribution in [-0.2, 0) is 9.59 Å². The number of rotatable bonds is 3. The number of methoxy groups -OCH3 is 1. The lowest BCUT2D eigenvalue weighted by atomic mass is 10.1. The monoisotopic (exact) mass is 342 g/mol. The van der Waals surface area contributed by atoms with E-state index < -0.39 is 11.8 Å². The third kappa shape index (κ3) is 2.98. The topological polar surface area (TPSA) is 58.6 Å². The Morgan fingerprint density at radius 2 is 1.96 bits per heavy atom. The number of ether oxygens (including phenoxy) is 1. The molecule has 1 fully saturated rings. The molecule has 0 aromatic heterocycles. The van der Waals surface area contributed by atoms with E-state index >= 15 is 0 Å². The molecule has 1 aliphatic heterocycles. The van der Waals surface area contributed by atoms with Crippen LogP contribution in [0.5, 0.6) is 5.75 Å². The lowest BCUT2D eigenvalue weighted by molar-refractivity contribution is -0.117. The van der Waals surface area contributed by atoms with E-state index in [1.165, 1.54) is 11.1 Å². The molecule has 5 nitrogen and oxygen atoms in total. The maximum atomic E-state index is 12.6. The molecule has 2 aromatic carbocycles. The molecule has 2 amide bonds. The number of anilines is 1. The van der Waals surface area contributed by atoms with Crippen LogP contribution in [-0.4, -0.2) is 18.9 Å². The first-order valence-electron chi connectivity index (χ1n) is 7.27. The van der Waals surface area contributed by atoms with Gasteiger partial charge in [0.05, 0.1) is 12.8 Å². The zero-order valence-electron chi connectivity index (χ0n) is 13.2. The summed E-state index contributed by atoms with van der Waals surface area (Å²) in [5, 5.41) is 1.72. The molecule has 0 unspecified atom stereocenters. The lowest BCUT2D eigenvalue weighted by Gasteiger charge is -2.15. The van der Waals surface area contributed by atoms with Crippen LogP contribution in [0.4, 0.5) is 5.69 Å². The highest BCUT2D eigenvalue weighted by Crippen LogP contribution is 2.26. The summed E-state index contributed by atoms with van der Waals surface area (Å²) in [5.41, 5.74) is 4.72. The normalized spacial score (nSPS) is 15.8. The van der Waals surface area contributed by atoms with Crippen LogP contribution in [0.2, 0.25) is 5.02 Å².